The van der Waals surface area contributed by atoms with E-state index in [4.69, 9.17) is 0 Å². The van der Waals surface area contributed by atoms with Crippen molar-refractivity contribution < 1.29 is 17.9 Å². The van der Waals surface area contributed by atoms with Gasteiger partial charge in [-0.05, 0) is 35.0 Å². The van der Waals surface area contributed by atoms with E-state index in [-0.39, 0.29) is 11.3 Å². The van der Waals surface area contributed by atoms with E-state index in [1.165, 1.54) is 19.1 Å². The summed E-state index contributed by atoms with van der Waals surface area (Å²) in [5.41, 5.74) is 0.0645. The smallest absolute Gasteiger partial charge is 0.387 e. The molecule has 0 unspecified atom stereocenters. The summed E-state index contributed by atoms with van der Waals surface area (Å²) in [7, 11) is 0. The minimum Gasteiger partial charge on any atom is -0.433 e. The second-order valence-electron chi connectivity index (χ2n) is 2.36. The minimum atomic E-state index is -2.95. The highest BCUT2D eigenvalue weighted by Gasteiger charge is 2.13. The Kier molecular flexibility index (Phi) is 3.19. The van der Waals surface area contributed by atoms with Crippen molar-refractivity contribution in [3.05, 3.63) is 28.0 Å². The molecule has 1 nitrogen and oxygen atoms in total. The number of hydrogen-bond acceptors (Lipinski definition) is 1. The second kappa shape index (κ2) is 4.00. The van der Waals surface area contributed by atoms with E-state index >= 15 is 0 Å². The molecule has 0 aromatic heterocycles. The SMILES string of the molecule is Cc1c(F)ccc(Br)c1OC(F)F. The summed E-state index contributed by atoms with van der Waals surface area (Å²) >= 11 is 2.98. The predicted molar refractivity (Wildman–Crippen MR) is 45.5 cm³/mol. The lowest BCUT2D eigenvalue weighted by Gasteiger charge is -2.09. The Morgan fingerprint density at radius 1 is 1.38 bits per heavy atom. The molecule has 0 heterocycles. The van der Waals surface area contributed by atoms with Crippen molar-refractivity contribution in [3.63, 3.8) is 0 Å². The van der Waals surface area contributed by atoms with Crippen molar-refractivity contribution in [2.24, 2.45) is 0 Å². The second-order valence-corrected chi connectivity index (χ2v) is 3.22. The van der Waals surface area contributed by atoms with Crippen LogP contribution in [0.5, 0.6) is 5.75 Å². The maximum absolute atomic E-state index is 12.9. The van der Waals surface area contributed by atoms with Crippen molar-refractivity contribution >= 4 is 15.9 Å². The van der Waals surface area contributed by atoms with E-state index in [0.29, 0.717) is 4.47 Å². The normalized spacial score (nSPS) is 10.6. The topological polar surface area (TPSA) is 9.23 Å². The molecule has 13 heavy (non-hydrogen) atoms. The maximum atomic E-state index is 12.9. The molecule has 0 N–H and O–H groups in total. The molecule has 0 amide bonds. The molecule has 0 aliphatic rings. The summed E-state index contributed by atoms with van der Waals surface area (Å²) in [4.78, 5) is 0. The zero-order valence-electron chi connectivity index (χ0n) is 6.65. The summed E-state index contributed by atoms with van der Waals surface area (Å²) in [6.07, 6.45) is 0. The van der Waals surface area contributed by atoms with Gasteiger partial charge in [0, 0.05) is 5.56 Å². The fourth-order valence-corrected chi connectivity index (χ4v) is 1.39. The molecular formula is C8H6BrF3O. The van der Waals surface area contributed by atoms with Crippen molar-refractivity contribution in [3.8, 4) is 5.75 Å². The lowest BCUT2D eigenvalue weighted by atomic mass is 10.2. The zero-order chi connectivity index (χ0) is 10.0. The van der Waals surface area contributed by atoms with Gasteiger partial charge in [-0.25, -0.2) is 4.39 Å². The summed E-state index contributed by atoms with van der Waals surface area (Å²) < 4.78 is 41.0. The molecule has 0 atom stereocenters. The van der Waals surface area contributed by atoms with E-state index in [1.54, 1.807) is 0 Å². The first-order valence-corrected chi connectivity index (χ1v) is 4.21. The van der Waals surface area contributed by atoms with Gasteiger partial charge >= 0.3 is 6.61 Å². The highest BCUT2D eigenvalue weighted by molar-refractivity contribution is 9.10. The maximum Gasteiger partial charge on any atom is 0.387 e. The third-order valence-corrected chi connectivity index (χ3v) is 2.12. The Hall–Kier alpha value is -0.710. The summed E-state index contributed by atoms with van der Waals surface area (Å²) in [5, 5.41) is 0. The van der Waals surface area contributed by atoms with Crippen molar-refractivity contribution in [2.75, 3.05) is 0 Å². The number of alkyl halides is 2. The fraction of sp³-hybridized carbons (Fsp3) is 0.250. The summed E-state index contributed by atoms with van der Waals surface area (Å²) in [6, 6.07) is 2.50. The first kappa shape index (κ1) is 10.4. The Labute approximate surface area is 81.6 Å². The van der Waals surface area contributed by atoms with Crippen LogP contribution in [0.1, 0.15) is 5.56 Å². The molecule has 1 aromatic carbocycles. The van der Waals surface area contributed by atoms with Gasteiger partial charge in [-0.3, -0.25) is 0 Å². The molecule has 0 radical (unpaired) electrons. The molecular weight excluding hydrogens is 249 g/mol. The molecule has 1 aromatic rings. The van der Waals surface area contributed by atoms with Gasteiger partial charge in [0.1, 0.15) is 11.6 Å². The van der Waals surface area contributed by atoms with Crippen LogP contribution in [0.4, 0.5) is 13.2 Å². The van der Waals surface area contributed by atoms with E-state index < -0.39 is 12.4 Å². The van der Waals surface area contributed by atoms with Gasteiger partial charge < -0.3 is 4.74 Å². The van der Waals surface area contributed by atoms with Crippen LogP contribution in [0.15, 0.2) is 16.6 Å². The van der Waals surface area contributed by atoms with Crippen LogP contribution in [0.3, 0.4) is 0 Å². The van der Waals surface area contributed by atoms with Gasteiger partial charge in [-0.1, -0.05) is 0 Å². The Morgan fingerprint density at radius 3 is 2.54 bits per heavy atom. The number of benzene rings is 1. The Bertz CT molecular complexity index is 315. The molecule has 0 saturated heterocycles. The highest BCUT2D eigenvalue weighted by atomic mass is 79.9. The monoisotopic (exact) mass is 254 g/mol. The van der Waals surface area contributed by atoms with E-state index in [1.807, 2.05) is 0 Å². The van der Waals surface area contributed by atoms with Crippen LogP contribution in [0, 0.1) is 12.7 Å². The lowest BCUT2D eigenvalue weighted by molar-refractivity contribution is -0.0509. The lowest BCUT2D eigenvalue weighted by Crippen LogP contribution is -2.04. The average Bonchev–Trinajstić information content (AvgIpc) is 2.05. The predicted octanol–water partition coefficient (Wildman–Crippen LogP) is 3.50. The zero-order valence-corrected chi connectivity index (χ0v) is 8.24. The average molecular weight is 255 g/mol. The van der Waals surface area contributed by atoms with Crippen LogP contribution < -0.4 is 4.74 Å². The molecule has 0 fully saturated rings. The Morgan fingerprint density at radius 2 is 2.00 bits per heavy atom. The quantitative estimate of drug-likeness (QED) is 0.785. The molecule has 0 saturated carbocycles. The van der Waals surface area contributed by atoms with Gasteiger partial charge in [0.2, 0.25) is 0 Å². The van der Waals surface area contributed by atoms with Crippen LogP contribution in [-0.4, -0.2) is 6.61 Å². The van der Waals surface area contributed by atoms with Crippen LogP contribution in [0.2, 0.25) is 0 Å². The van der Waals surface area contributed by atoms with Crippen molar-refractivity contribution in [1.29, 1.82) is 0 Å². The van der Waals surface area contributed by atoms with Crippen molar-refractivity contribution in [1.82, 2.24) is 0 Å². The first-order chi connectivity index (χ1) is 6.02. The van der Waals surface area contributed by atoms with E-state index in [2.05, 4.69) is 20.7 Å². The molecule has 0 aliphatic carbocycles. The molecule has 0 bridgehead atoms. The fourth-order valence-electron chi connectivity index (χ4n) is 0.868. The van der Waals surface area contributed by atoms with Gasteiger partial charge in [0.15, 0.2) is 0 Å². The molecule has 72 valence electrons. The third-order valence-electron chi connectivity index (χ3n) is 1.50. The Balaban J connectivity index is 3.10. The summed E-state index contributed by atoms with van der Waals surface area (Å²) in [6.45, 7) is -1.57. The van der Waals surface area contributed by atoms with Crippen LogP contribution in [-0.2, 0) is 0 Å². The number of ether oxygens (including phenoxy) is 1. The highest BCUT2D eigenvalue weighted by Crippen LogP contribution is 2.31. The first-order valence-electron chi connectivity index (χ1n) is 3.41. The third kappa shape index (κ3) is 2.37. The largest absolute Gasteiger partial charge is 0.433 e. The van der Waals surface area contributed by atoms with Crippen LogP contribution >= 0.6 is 15.9 Å². The molecule has 1 rings (SSSR count). The molecule has 0 aliphatic heterocycles. The van der Waals surface area contributed by atoms with Crippen LogP contribution in [0.25, 0.3) is 0 Å². The molecule has 5 heteroatoms. The van der Waals surface area contributed by atoms with Crippen molar-refractivity contribution in [2.45, 2.75) is 13.5 Å². The van der Waals surface area contributed by atoms with Gasteiger partial charge in [0.05, 0.1) is 4.47 Å². The minimum absolute atomic E-state index is 0.0645. The van der Waals surface area contributed by atoms with E-state index in [9.17, 15) is 13.2 Å². The van der Waals surface area contributed by atoms with Gasteiger partial charge in [0.25, 0.3) is 0 Å². The number of halogens is 4. The van der Waals surface area contributed by atoms with Gasteiger partial charge in [-0.2, -0.15) is 8.78 Å². The standard InChI is InChI=1S/C8H6BrF3O/c1-4-6(10)3-2-5(9)7(4)13-8(11)12/h2-3,8H,1H3. The number of hydrogen-bond donors (Lipinski definition) is 0. The molecule has 0 spiro atoms. The van der Waals surface area contributed by atoms with Gasteiger partial charge in [-0.15, -0.1) is 0 Å². The number of rotatable bonds is 2. The van der Waals surface area contributed by atoms with E-state index in [0.717, 1.165) is 0 Å². The summed E-state index contributed by atoms with van der Waals surface area (Å²) in [5.74, 6) is -0.728.